The van der Waals surface area contributed by atoms with Crippen LogP contribution in [0.4, 0.5) is 13.2 Å². The highest BCUT2D eigenvalue weighted by molar-refractivity contribution is 5.78. The maximum absolute atomic E-state index is 12.7. The zero-order chi connectivity index (χ0) is 15.8. The van der Waals surface area contributed by atoms with Crippen LogP contribution in [-0.4, -0.2) is 44.2 Å². The Morgan fingerprint density at radius 3 is 2.48 bits per heavy atom. The highest BCUT2D eigenvalue weighted by Crippen LogP contribution is 2.29. The number of nitrogens with one attached hydrogen (secondary N) is 1. The van der Waals surface area contributed by atoms with Crippen molar-refractivity contribution in [2.24, 2.45) is 0 Å². The Kier molecular flexibility index (Phi) is 3.96. The van der Waals surface area contributed by atoms with E-state index in [1.54, 1.807) is 0 Å². The number of halogens is 3. The maximum atomic E-state index is 12.7. The lowest BCUT2D eigenvalue weighted by atomic mass is 10.1. The van der Waals surface area contributed by atoms with Gasteiger partial charge in [0.05, 0.1) is 13.1 Å². The van der Waals surface area contributed by atoms with Gasteiger partial charge in [-0.05, 0) is 20.8 Å². The van der Waals surface area contributed by atoms with Crippen LogP contribution in [0.5, 0.6) is 0 Å². The summed E-state index contributed by atoms with van der Waals surface area (Å²) in [6.07, 6.45) is -4.52. The number of aromatic nitrogens is 3. The summed E-state index contributed by atoms with van der Waals surface area (Å²) >= 11 is 0. The van der Waals surface area contributed by atoms with Crippen molar-refractivity contribution in [3.8, 4) is 0 Å². The Morgan fingerprint density at radius 2 is 1.90 bits per heavy atom. The number of hydrogen-bond donors (Lipinski definition) is 1. The molecule has 6 nitrogen and oxygen atoms in total. The summed E-state index contributed by atoms with van der Waals surface area (Å²) < 4.78 is 39.1. The van der Waals surface area contributed by atoms with E-state index in [0.29, 0.717) is 0 Å². The molecule has 1 N–H and O–H groups in total. The van der Waals surface area contributed by atoms with Gasteiger partial charge in [-0.15, -0.1) is 10.2 Å². The standard InChI is InChI=1S/C12H18F3N5O/c1-11(2,3)16-6-9(21)19-4-5-20-8(7-19)17-18-10(20)12(13,14)15/h16H,4-7H2,1-3H3. The van der Waals surface area contributed by atoms with Crippen molar-refractivity contribution < 1.29 is 18.0 Å². The van der Waals surface area contributed by atoms with Crippen LogP contribution >= 0.6 is 0 Å². The third kappa shape index (κ3) is 3.72. The Morgan fingerprint density at radius 1 is 1.24 bits per heavy atom. The molecule has 1 aromatic heterocycles. The molecule has 2 heterocycles. The molecule has 0 spiro atoms. The molecule has 0 unspecified atom stereocenters. The third-order valence-corrected chi connectivity index (χ3v) is 3.13. The fourth-order valence-corrected chi connectivity index (χ4v) is 2.03. The Balaban J connectivity index is 2.04. The van der Waals surface area contributed by atoms with Gasteiger partial charge >= 0.3 is 6.18 Å². The zero-order valence-electron chi connectivity index (χ0n) is 12.2. The monoisotopic (exact) mass is 305 g/mol. The summed E-state index contributed by atoms with van der Waals surface area (Å²) in [5.74, 6) is -0.997. The SMILES string of the molecule is CC(C)(C)NCC(=O)N1CCn2c(nnc2C(F)(F)F)C1. The van der Waals surface area contributed by atoms with Crippen LogP contribution in [0.3, 0.4) is 0 Å². The number of rotatable bonds is 2. The van der Waals surface area contributed by atoms with Crippen LogP contribution < -0.4 is 5.32 Å². The summed E-state index contributed by atoms with van der Waals surface area (Å²) in [4.78, 5) is 13.5. The topological polar surface area (TPSA) is 63.1 Å². The van der Waals surface area contributed by atoms with Crippen molar-refractivity contribution in [1.29, 1.82) is 0 Å². The Bertz CT molecular complexity index is 532. The van der Waals surface area contributed by atoms with Crippen molar-refractivity contribution in [1.82, 2.24) is 25.0 Å². The van der Waals surface area contributed by atoms with Crippen LogP contribution in [0.15, 0.2) is 0 Å². The predicted octanol–water partition coefficient (Wildman–Crippen LogP) is 1.03. The number of carbonyl (C=O) groups excluding carboxylic acids is 1. The molecule has 118 valence electrons. The number of fused-ring (bicyclic) bond motifs is 1. The van der Waals surface area contributed by atoms with E-state index in [1.807, 2.05) is 20.8 Å². The van der Waals surface area contributed by atoms with E-state index in [0.717, 1.165) is 4.57 Å². The molecule has 0 saturated heterocycles. The van der Waals surface area contributed by atoms with Crippen molar-refractivity contribution in [3.63, 3.8) is 0 Å². The molecule has 0 saturated carbocycles. The first-order valence-corrected chi connectivity index (χ1v) is 6.60. The second-order valence-electron chi connectivity index (χ2n) is 6.01. The third-order valence-electron chi connectivity index (χ3n) is 3.13. The molecular weight excluding hydrogens is 287 g/mol. The van der Waals surface area contributed by atoms with Gasteiger partial charge < -0.3 is 14.8 Å². The van der Waals surface area contributed by atoms with Crippen molar-refractivity contribution in [2.45, 2.75) is 45.6 Å². The van der Waals surface area contributed by atoms with E-state index in [1.165, 1.54) is 4.90 Å². The quantitative estimate of drug-likeness (QED) is 0.886. The van der Waals surface area contributed by atoms with Gasteiger partial charge in [-0.3, -0.25) is 4.79 Å². The van der Waals surface area contributed by atoms with Crippen LogP contribution in [0.1, 0.15) is 32.4 Å². The smallest absolute Gasteiger partial charge is 0.332 e. The van der Waals surface area contributed by atoms with Crippen molar-refractivity contribution in [3.05, 3.63) is 11.6 Å². The molecule has 0 radical (unpaired) electrons. The summed E-state index contributed by atoms with van der Waals surface area (Å²) in [5, 5.41) is 9.78. The average molecular weight is 305 g/mol. The largest absolute Gasteiger partial charge is 0.451 e. The number of hydrogen-bond acceptors (Lipinski definition) is 4. The number of nitrogens with zero attached hydrogens (tertiary/aromatic N) is 4. The lowest BCUT2D eigenvalue weighted by molar-refractivity contribution is -0.148. The number of carbonyl (C=O) groups is 1. The zero-order valence-corrected chi connectivity index (χ0v) is 12.2. The van der Waals surface area contributed by atoms with E-state index in [2.05, 4.69) is 15.5 Å². The van der Waals surface area contributed by atoms with E-state index < -0.39 is 12.0 Å². The molecule has 0 aromatic carbocycles. The molecule has 1 aromatic rings. The molecule has 1 amide bonds. The van der Waals surface area contributed by atoms with Gasteiger partial charge in [0.15, 0.2) is 5.82 Å². The summed E-state index contributed by atoms with van der Waals surface area (Å²) in [6, 6.07) is 0. The highest BCUT2D eigenvalue weighted by atomic mass is 19.4. The maximum Gasteiger partial charge on any atom is 0.451 e. The Hall–Kier alpha value is -1.64. The second kappa shape index (κ2) is 5.28. The fraction of sp³-hybridized carbons (Fsp3) is 0.750. The first-order chi connectivity index (χ1) is 9.58. The molecule has 0 fully saturated rings. The summed E-state index contributed by atoms with van der Waals surface area (Å²) in [6.45, 7) is 6.27. The van der Waals surface area contributed by atoms with Gasteiger partial charge in [-0.2, -0.15) is 13.2 Å². The minimum atomic E-state index is -4.52. The second-order valence-corrected chi connectivity index (χ2v) is 6.01. The van der Waals surface area contributed by atoms with Gasteiger partial charge in [0.1, 0.15) is 0 Å². The molecule has 0 aliphatic carbocycles. The molecule has 21 heavy (non-hydrogen) atoms. The predicted molar refractivity (Wildman–Crippen MR) is 68.2 cm³/mol. The molecule has 1 aliphatic heterocycles. The van der Waals surface area contributed by atoms with Crippen molar-refractivity contribution in [2.75, 3.05) is 13.1 Å². The fourth-order valence-electron chi connectivity index (χ4n) is 2.03. The highest BCUT2D eigenvalue weighted by Gasteiger charge is 2.39. The molecule has 9 heteroatoms. The van der Waals surface area contributed by atoms with Crippen LogP contribution in [0.25, 0.3) is 0 Å². The molecule has 0 bridgehead atoms. The van der Waals surface area contributed by atoms with E-state index in [9.17, 15) is 18.0 Å². The normalized spacial score (nSPS) is 16.0. The minimum absolute atomic E-state index is 0.0493. The first kappa shape index (κ1) is 15.7. The summed E-state index contributed by atoms with van der Waals surface area (Å²) in [5.41, 5.74) is -0.199. The van der Waals surface area contributed by atoms with Gasteiger partial charge in [0.2, 0.25) is 11.7 Å². The summed E-state index contributed by atoms with van der Waals surface area (Å²) in [7, 11) is 0. The van der Waals surface area contributed by atoms with E-state index in [4.69, 9.17) is 0 Å². The molecule has 0 atom stereocenters. The number of amides is 1. The van der Waals surface area contributed by atoms with Gasteiger partial charge in [0.25, 0.3) is 0 Å². The lowest BCUT2D eigenvalue weighted by Crippen LogP contribution is -2.47. The lowest BCUT2D eigenvalue weighted by Gasteiger charge is -2.29. The van der Waals surface area contributed by atoms with Crippen LogP contribution in [-0.2, 0) is 24.1 Å². The number of alkyl halides is 3. The average Bonchev–Trinajstić information content (AvgIpc) is 2.77. The first-order valence-electron chi connectivity index (χ1n) is 6.60. The minimum Gasteiger partial charge on any atom is -0.332 e. The van der Waals surface area contributed by atoms with Gasteiger partial charge in [0, 0.05) is 18.6 Å². The van der Waals surface area contributed by atoms with Gasteiger partial charge in [-0.1, -0.05) is 0 Å². The van der Waals surface area contributed by atoms with E-state index >= 15 is 0 Å². The molecular formula is C12H18F3N5O. The molecule has 2 rings (SSSR count). The van der Waals surface area contributed by atoms with Crippen molar-refractivity contribution >= 4 is 5.91 Å². The van der Waals surface area contributed by atoms with Crippen LogP contribution in [0.2, 0.25) is 0 Å². The van der Waals surface area contributed by atoms with Gasteiger partial charge in [-0.25, -0.2) is 0 Å². The van der Waals surface area contributed by atoms with Crippen LogP contribution in [0, 0.1) is 0 Å². The Labute approximate surface area is 120 Å². The molecule has 1 aliphatic rings. The van der Waals surface area contributed by atoms with E-state index in [-0.39, 0.29) is 43.4 Å².